The van der Waals surface area contributed by atoms with Crippen LogP contribution in [0.15, 0.2) is 22.7 Å². The molecule has 1 aliphatic rings. The van der Waals surface area contributed by atoms with Gasteiger partial charge in [-0.1, -0.05) is 13.8 Å². The van der Waals surface area contributed by atoms with Gasteiger partial charge in [-0.25, -0.2) is 0 Å². The van der Waals surface area contributed by atoms with E-state index in [9.17, 15) is 14.9 Å². The van der Waals surface area contributed by atoms with Gasteiger partial charge in [-0.3, -0.25) is 19.8 Å². The van der Waals surface area contributed by atoms with Gasteiger partial charge >= 0.3 is 0 Å². The van der Waals surface area contributed by atoms with Gasteiger partial charge in [0, 0.05) is 35.7 Å². The number of hydrogen-bond donors (Lipinski definition) is 2. The maximum absolute atomic E-state index is 12.2. The van der Waals surface area contributed by atoms with E-state index in [1.54, 1.807) is 0 Å². The van der Waals surface area contributed by atoms with E-state index in [1.165, 1.54) is 18.2 Å². The SMILES string of the molecule is CC1(C)CN(CC(=O)Nc2ccc([N+](=O)[O-])cc2Br)CCC1N.Cl. The Balaban J connectivity index is 0.00000288. The normalized spacial score (nSPS) is 20.1. The van der Waals surface area contributed by atoms with Crippen LogP contribution in [0.5, 0.6) is 0 Å². The Morgan fingerprint density at radius 2 is 2.21 bits per heavy atom. The second-order valence-corrected chi connectivity index (χ2v) is 7.42. The smallest absolute Gasteiger partial charge is 0.270 e. The van der Waals surface area contributed by atoms with Gasteiger partial charge in [0.2, 0.25) is 5.91 Å². The van der Waals surface area contributed by atoms with E-state index in [0.29, 0.717) is 10.2 Å². The number of likely N-dealkylation sites (tertiary alicyclic amines) is 1. The number of benzene rings is 1. The van der Waals surface area contributed by atoms with Crippen molar-refractivity contribution >= 4 is 45.6 Å². The molecule has 1 heterocycles. The maximum Gasteiger partial charge on any atom is 0.270 e. The molecule has 1 aliphatic heterocycles. The highest BCUT2D eigenvalue weighted by Crippen LogP contribution is 2.29. The summed E-state index contributed by atoms with van der Waals surface area (Å²) < 4.78 is 0.487. The number of hydrogen-bond acceptors (Lipinski definition) is 5. The molecule has 0 saturated carbocycles. The first kappa shape index (κ1) is 20.8. The summed E-state index contributed by atoms with van der Waals surface area (Å²) in [5, 5.41) is 13.5. The number of piperidine rings is 1. The molecule has 1 amide bonds. The molecular formula is C15H22BrClN4O3. The first-order chi connectivity index (χ1) is 10.7. The quantitative estimate of drug-likeness (QED) is 0.575. The minimum atomic E-state index is -0.477. The monoisotopic (exact) mass is 420 g/mol. The number of carbonyl (C=O) groups excluding carboxylic acids is 1. The van der Waals surface area contributed by atoms with Gasteiger partial charge in [0.15, 0.2) is 0 Å². The largest absolute Gasteiger partial charge is 0.327 e. The van der Waals surface area contributed by atoms with Crippen LogP contribution in [0.4, 0.5) is 11.4 Å². The fourth-order valence-electron chi connectivity index (χ4n) is 2.73. The number of nitrogens with zero attached hydrogens (tertiary/aromatic N) is 2. The van der Waals surface area contributed by atoms with Gasteiger partial charge in [-0.15, -0.1) is 12.4 Å². The fraction of sp³-hybridized carbons (Fsp3) is 0.533. The van der Waals surface area contributed by atoms with E-state index in [4.69, 9.17) is 5.73 Å². The summed E-state index contributed by atoms with van der Waals surface area (Å²) in [6.07, 6.45) is 0.863. The molecule has 1 saturated heterocycles. The lowest BCUT2D eigenvalue weighted by atomic mass is 9.80. The molecule has 0 radical (unpaired) electrons. The average Bonchev–Trinajstić information content (AvgIpc) is 2.44. The number of halogens is 2. The van der Waals surface area contributed by atoms with Crippen molar-refractivity contribution in [2.75, 3.05) is 25.0 Å². The first-order valence-electron chi connectivity index (χ1n) is 7.41. The molecule has 1 unspecified atom stereocenters. The summed E-state index contributed by atoms with van der Waals surface area (Å²) in [6.45, 7) is 6.05. The van der Waals surface area contributed by atoms with Crippen LogP contribution in [0.2, 0.25) is 0 Å². The molecule has 24 heavy (non-hydrogen) atoms. The lowest BCUT2D eigenvalue weighted by Gasteiger charge is -2.42. The van der Waals surface area contributed by atoms with Crippen molar-refractivity contribution in [2.45, 2.75) is 26.3 Å². The molecule has 0 bridgehead atoms. The summed E-state index contributed by atoms with van der Waals surface area (Å²) in [6, 6.07) is 4.41. The third kappa shape index (κ3) is 5.14. The number of nitrogens with one attached hydrogen (secondary N) is 1. The van der Waals surface area contributed by atoms with Gasteiger partial charge in [0.05, 0.1) is 17.2 Å². The zero-order valence-electron chi connectivity index (χ0n) is 13.6. The molecule has 1 atom stereocenters. The second kappa shape index (κ2) is 8.24. The van der Waals surface area contributed by atoms with Crippen LogP contribution in [0.1, 0.15) is 20.3 Å². The van der Waals surface area contributed by atoms with Crippen molar-refractivity contribution in [3.63, 3.8) is 0 Å². The van der Waals surface area contributed by atoms with Crippen molar-refractivity contribution in [1.82, 2.24) is 4.90 Å². The fourth-order valence-corrected chi connectivity index (χ4v) is 3.20. The topological polar surface area (TPSA) is 102 Å². The molecule has 2 rings (SSSR count). The van der Waals surface area contributed by atoms with Crippen LogP contribution in [-0.2, 0) is 4.79 Å². The van der Waals surface area contributed by atoms with Crippen LogP contribution in [0.3, 0.4) is 0 Å². The van der Waals surface area contributed by atoms with Gasteiger partial charge in [-0.2, -0.15) is 0 Å². The van der Waals surface area contributed by atoms with Crippen LogP contribution in [-0.4, -0.2) is 41.4 Å². The highest BCUT2D eigenvalue weighted by atomic mass is 79.9. The van der Waals surface area contributed by atoms with Crippen LogP contribution in [0, 0.1) is 15.5 Å². The molecule has 1 aromatic rings. The molecule has 0 aliphatic carbocycles. The van der Waals surface area contributed by atoms with E-state index in [2.05, 4.69) is 40.0 Å². The average molecular weight is 422 g/mol. The summed E-state index contributed by atoms with van der Waals surface area (Å²) >= 11 is 3.25. The number of nitrogens with two attached hydrogens (primary N) is 1. The van der Waals surface area contributed by atoms with Gasteiger partial charge in [0.25, 0.3) is 5.69 Å². The Morgan fingerprint density at radius 1 is 1.54 bits per heavy atom. The second-order valence-electron chi connectivity index (χ2n) is 6.56. The zero-order chi connectivity index (χ0) is 17.2. The van der Waals surface area contributed by atoms with Crippen LogP contribution in [0.25, 0.3) is 0 Å². The number of anilines is 1. The summed E-state index contributed by atoms with van der Waals surface area (Å²) in [7, 11) is 0. The number of rotatable bonds is 4. The molecule has 0 aromatic heterocycles. The van der Waals surface area contributed by atoms with E-state index >= 15 is 0 Å². The lowest BCUT2D eigenvalue weighted by molar-refractivity contribution is -0.384. The van der Waals surface area contributed by atoms with E-state index in [-0.39, 0.29) is 42.0 Å². The maximum atomic E-state index is 12.2. The molecule has 7 nitrogen and oxygen atoms in total. The summed E-state index contributed by atoms with van der Waals surface area (Å²) in [5.41, 5.74) is 6.57. The third-order valence-electron chi connectivity index (χ3n) is 4.20. The highest BCUT2D eigenvalue weighted by Gasteiger charge is 2.33. The molecule has 3 N–H and O–H groups in total. The Bertz CT molecular complexity index is 627. The minimum absolute atomic E-state index is 0. The number of nitro groups is 1. The zero-order valence-corrected chi connectivity index (χ0v) is 16.0. The summed E-state index contributed by atoms with van der Waals surface area (Å²) in [4.78, 5) is 24.5. The summed E-state index contributed by atoms with van der Waals surface area (Å²) in [5.74, 6) is -0.147. The molecular weight excluding hydrogens is 400 g/mol. The standard InChI is InChI=1S/C15H21BrN4O3.ClH/c1-15(2)9-19(6-5-13(15)17)8-14(21)18-12-4-3-10(20(22)23)7-11(12)16;/h3-4,7,13H,5-6,8-9,17H2,1-2H3,(H,18,21);1H. The number of amides is 1. The molecule has 0 spiro atoms. The molecule has 1 fully saturated rings. The van der Waals surface area contributed by atoms with Gasteiger partial charge in [0.1, 0.15) is 0 Å². The Labute approximate surface area is 155 Å². The van der Waals surface area contributed by atoms with E-state index in [1.807, 2.05) is 0 Å². The molecule has 9 heteroatoms. The van der Waals surface area contributed by atoms with Crippen molar-refractivity contribution in [3.05, 3.63) is 32.8 Å². The number of non-ortho nitro benzene ring substituents is 1. The van der Waals surface area contributed by atoms with Crippen LogP contribution >= 0.6 is 28.3 Å². The third-order valence-corrected chi connectivity index (χ3v) is 4.85. The lowest BCUT2D eigenvalue weighted by Crippen LogP contribution is -2.53. The van der Waals surface area contributed by atoms with Crippen molar-refractivity contribution in [3.8, 4) is 0 Å². The van der Waals surface area contributed by atoms with Crippen LogP contribution < -0.4 is 11.1 Å². The van der Waals surface area contributed by atoms with Gasteiger partial charge < -0.3 is 11.1 Å². The molecule has 134 valence electrons. The van der Waals surface area contributed by atoms with E-state index < -0.39 is 4.92 Å². The van der Waals surface area contributed by atoms with Crippen molar-refractivity contribution < 1.29 is 9.72 Å². The Hall–Kier alpha value is -1.22. The predicted molar refractivity (Wildman–Crippen MR) is 99.5 cm³/mol. The molecule has 1 aromatic carbocycles. The first-order valence-corrected chi connectivity index (χ1v) is 8.20. The Morgan fingerprint density at radius 3 is 2.75 bits per heavy atom. The predicted octanol–water partition coefficient (Wildman–Crippen LogP) is 2.78. The van der Waals surface area contributed by atoms with Crippen molar-refractivity contribution in [1.29, 1.82) is 0 Å². The number of nitro benzene ring substituents is 1. The Kier molecular flexibility index (Phi) is 7.15. The highest BCUT2D eigenvalue weighted by molar-refractivity contribution is 9.10. The number of carbonyl (C=O) groups is 1. The van der Waals surface area contributed by atoms with Gasteiger partial charge in [-0.05, 0) is 33.8 Å². The minimum Gasteiger partial charge on any atom is -0.327 e. The van der Waals surface area contributed by atoms with E-state index in [0.717, 1.165) is 19.5 Å². The van der Waals surface area contributed by atoms with Crippen molar-refractivity contribution in [2.24, 2.45) is 11.1 Å².